The number of H-pyrrole nitrogens is 1. The second-order valence-electron chi connectivity index (χ2n) is 4.76. The van der Waals surface area contributed by atoms with Crippen LogP contribution in [0.2, 0.25) is 0 Å². The topological polar surface area (TPSA) is 68.1 Å². The zero-order valence-corrected chi connectivity index (χ0v) is 11.7. The van der Waals surface area contributed by atoms with Gasteiger partial charge in [0, 0.05) is 28.2 Å². The van der Waals surface area contributed by atoms with Crippen LogP contribution in [0, 0.1) is 0 Å². The molecule has 4 nitrogen and oxygen atoms in total. The van der Waals surface area contributed by atoms with Crippen LogP contribution in [0.25, 0.3) is 10.9 Å². The number of hydrogen-bond acceptors (Lipinski definition) is 3. The number of aromatic amines is 1. The highest BCUT2D eigenvalue weighted by atomic mass is 16.5. The summed E-state index contributed by atoms with van der Waals surface area (Å²) < 4.78 is 5.39. The van der Waals surface area contributed by atoms with Gasteiger partial charge in [0.05, 0.1) is 12.3 Å². The fourth-order valence-electron chi connectivity index (χ4n) is 2.39. The molecule has 0 amide bonds. The molecular formula is C17H16N2O2. The molecule has 0 aliphatic heterocycles. The minimum absolute atomic E-state index is 0.0535. The van der Waals surface area contributed by atoms with Crippen molar-refractivity contribution in [3.8, 4) is 5.75 Å². The Morgan fingerprint density at radius 2 is 2.05 bits per heavy atom. The van der Waals surface area contributed by atoms with Crippen molar-refractivity contribution in [2.45, 2.75) is 6.92 Å². The lowest BCUT2D eigenvalue weighted by molar-refractivity contribution is 0.104. The van der Waals surface area contributed by atoms with E-state index in [2.05, 4.69) is 4.98 Å². The van der Waals surface area contributed by atoms with Gasteiger partial charge in [0.2, 0.25) is 0 Å². The summed E-state index contributed by atoms with van der Waals surface area (Å²) in [6.07, 6.45) is 1.74. The second-order valence-corrected chi connectivity index (χ2v) is 4.76. The van der Waals surface area contributed by atoms with Gasteiger partial charge in [-0.1, -0.05) is 18.2 Å². The molecule has 0 radical (unpaired) electrons. The van der Waals surface area contributed by atoms with Gasteiger partial charge < -0.3 is 15.5 Å². The SMILES string of the molecule is CCOc1ccc(C(=O)c2c[nH]c3ccccc23)cc1N. The van der Waals surface area contributed by atoms with Gasteiger partial charge in [-0.3, -0.25) is 4.79 Å². The second kappa shape index (κ2) is 5.32. The molecule has 0 saturated heterocycles. The summed E-state index contributed by atoms with van der Waals surface area (Å²) in [7, 11) is 0. The van der Waals surface area contributed by atoms with E-state index in [-0.39, 0.29) is 5.78 Å². The fraction of sp³-hybridized carbons (Fsp3) is 0.118. The lowest BCUT2D eigenvalue weighted by Crippen LogP contribution is -2.03. The molecule has 0 spiro atoms. The summed E-state index contributed by atoms with van der Waals surface area (Å²) in [5, 5.41) is 0.912. The van der Waals surface area contributed by atoms with Crippen molar-refractivity contribution in [1.82, 2.24) is 4.98 Å². The van der Waals surface area contributed by atoms with E-state index in [1.165, 1.54) is 0 Å². The van der Waals surface area contributed by atoms with Gasteiger partial charge in [-0.05, 0) is 31.2 Å². The zero-order valence-electron chi connectivity index (χ0n) is 11.7. The van der Waals surface area contributed by atoms with E-state index in [1.54, 1.807) is 24.4 Å². The molecule has 3 rings (SSSR count). The first kappa shape index (κ1) is 13.2. The molecule has 106 valence electrons. The van der Waals surface area contributed by atoms with Gasteiger partial charge in [-0.25, -0.2) is 0 Å². The van der Waals surface area contributed by atoms with Crippen LogP contribution >= 0.6 is 0 Å². The molecule has 1 heterocycles. The molecule has 0 saturated carbocycles. The molecule has 0 bridgehead atoms. The number of ether oxygens (including phenoxy) is 1. The van der Waals surface area contributed by atoms with Gasteiger partial charge in [0.25, 0.3) is 0 Å². The van der Waals surface area contributed by atoms with Crippen LogP contribution in [0.4, 0.5) is 5.69 Å². The number of para-hydroxylation sites is 1. The molecule has 2 aromatic carbocycles. The van der Waals surface area contributed by atoms with Crippen LogP contribution in [0.1, 0.15) is 22.8 Å². The average molecular weight is 280 g/mol. The molecule has 0 aliphatic rings. The van der Waals surface area contributed by atoms with E-state index in [9.17, 15) is 4.79 Å². The van der Waals surface area contributed by atoms with Crippen molar-refractivity contribution in [2.75, 3.05) is 12.3 Å². The fourth-order valence-corrected chi connectivity index (χ4v) is 2.39. The van der Waals surface area contributed by atoms with Crippen molar-refractivity contribution in [2.24, 2.45) is 0 Å². The van der Waals surface area contributed by atoms with E-state index < -0.39 is 0 Å². The Morgan fingerprint density at radius 1 is 1.24 bits per heavy atom. The summed E-state index contributed by atoms with van der Waals surface area (Å²) >= 11 is 0. The predicted octanol–water partition coefficient (Wildman–Crippen LogP) is 3.38. The van der Waals surface area contributed by atoms with Gasteiger partial charge in [0.15, 0.2) is 5.78 Å². The lowest BCUT2D eigenvalue weighted by atomic mass is 10.0. The standard InChI is InChI=1S/C17H16N2O2/c1-2-21-16-8-7-11(9-14(16)18)17(20)13-10-19-15-6-4-3-5-12(13)15/h3-10,19H,2,18H2,1H3. The molecule has 1 aromatic heterocycles. The first-order valence-corrected chi connectivity index (χ1v) is 6.84. The largest absolute Gasteiger partial charge is 0.492 e. The Kier molecular flexibility index (Phi) is 3.36. The molecule has 0 atom stereocenters. The first-order chi connectivity index (χ1) is 10.2. The minimum atomic E-state index is -0.0535. The number of carbonyl (C=O) groups is 1. The van der Waals surface area contributed by atoms with E-state index in [0.29, 0.717) is 29.2 Å². The van der Waals surface area contributed by atoms with Crippen LogP contribution in [0.15, 0.2) is 48.7 Å². The summed E-state index contributed by atoms with van der Waals surface area (Å²) in [5.41, 5.74) is 8.55. The Morgan fingerprint density at radius 3 is 2.81 bits per heavy atom. The average Bonchev–Trinajstić information content (AvgIpc) is 2.93. The molecule has 21 heavy (non-hydrogen) atoms. The van der Waals surface area contributed by atoms with Crippen molar-refractivity contribution in [3.05, 3.63) is 59.8 Å². The molecular weight excluding hydrogens is 264 g/mol. The highest BCUT2D eigenvalue weighted by Gasteiger charge is 2.15. The number of rotatable bonds is 4. The Bertz CT molecular complexity index is 805. The van der Waals surface area contributed by atoms with Gasteiger partial charge >= 0.3 is 0 Å². The summed E-state index contributed by atoms with van der Waals surface area (Å²) in [4.78, 5) is 15.7. The Labute approximate surface area is 122 Å². The molecule has 3 aromatic rings. The third-order valence-electron chi connectivity index (χ3n) is 3.41. The minimum Gasteiger partial charge on any atom is -0.492 e. The number of carbonyl (C=O) groups excluding carboxylic acids is 1. The summed E-state index contributed by atoms with van der Waals surface area (Å²) in [6, 6.07) is 12.9. The number of anilines is 1. The number of hydrogen-bond donors (Lipinski definition) is 2. The number of ketones is 1. The molecule has 0 fully saturated rings. The Balaban J connectivity index is 2.00. The van der Waals surface area contributed by atoms with Crippen LogP contribution in [-0.4, -0.2) is 17.4 Å². The monoisotopic (exact) mass is 280 g/mol. The van der Waals surface area contributed by atoms with E-state index in [1.807, 2.05) is 31.2 Å². The molecule has 4 heteroatoms. The van der Waals surface area contributed by atoms with E-state index in [4.69, 9.17) is 10.5 Å². The van der Waals surface area contributed by atoms with Crippen molar-refractivity contribution in [3.63, 3.8) is 0 Å². The third kappa shape index (κ3) is 2.36. The number of nitrogen functional groups attached to an aromatic ring is 1. The van der Waals surface area contributed by atoms with Crippen molar-refractivity contribution in [1.29, 1.82) is 0 Å². The smallest absolute Gasteiger partial charge is 0.195 e. The van der Waals surface area contributed by atoms with Crippen molar-refractivity contribution < 1.29 is 9.53 Å². The van der Waals surface area contributed by atoms with Crippen LogP contribution in [0.3, 0.4) is 0 Å². The summed E-state index contributed by atoms with van der Waals surface area (Å²) in [5.74, 6) is 0.551. The third-order valence-corrected chi connectivity index (χ3v) is 3.41. The van der Waals surface area contributed by atoms with Crippen LogP contribution in [-0.2, 0) is 0 Å². The van der Waals surface area contributed by atoms with Gasteiger partial charge in [-0.2, -0.15) is 0 Å². The maximum Gasteiger partial charge on any atom is 0.195 e. The molecule has 0 unspecified atom stereocenters. The maximum absolute atomic E-state index is 12.6. The Hall–Kier alpha value is -2.75. The highest BCUT2D eigenvalue weighted by Crippen LogP contribution is 2.26. The van der Waals surface area contributed by atoms with E-state index in [0.717, 1.165) is 10.9 Å². The highest BCUT2D eigenvalue weighted by molar-refractivity contribution is 6.16. The van der Waals surface area contributed by atoms with Gasteiger partial charge in [-0.15, -0.1) is 0 Å². The zero-order chi connectivity index (χ0) is 14.8. The van der Waals surface area contributed by atoms with Crippen LogP contribution < -0.4 is 10.5 Å². The first-order valence-electron chi connectivity index (χ1n) is 6.84. The predicted molar refractivity (Wildman–Crippen MR) is 83.8 cm³/mol. The molecule has 0 aliphatic carbocycles. The normalized spacial score (nSPS) is 10.7. The molecule has 3 N–H and O–H groups in total. The quantitative estimate of drug-likeness (QED) is 0.568. The number of fused-ring (bicyclic) bond motifs is 1. The summed E-state index contributed by atoms with van der Waals surface area (Å²) in [6.45, 7) is 2.43. The van der Waals surface area contributed by atoms with Crippen molar-refractivity contribution >= 4 is 22.4 Å². The number of benzene rings is 2. The number of nitrogens with one attached hydrogen (secondary N) is 1. The maximum atomic E-state index is 12.6. The number of nitrogens with two attached hydrogens (primary N) is 1. The van der Waals surface area contributed by atoms with Crippen LogP contribution in [0.5, 0.6) is 5.75 Å². The lowest BCUT2D eigenvalue weighted by Gasteiger charge is -2.08. The van der Waals surface area contributed by atoms with E-state index >= 15 is 0 Å². The van der Waals surface area contributed by atoms with Gasteiger partial charge in [0.1, 0.15) is 5.75 Å². The number of aromatic nitrogens is 1.